The maximum absolute atomic E-state index is 6.54. The first-order valence-corrected chi connectivity index (χ1v) is 5.32. The van der Waals surface area contributed by atoms with Gasteiger partial charge >= 0.3 is 0 Å². The van der Waals surface area contributed by atoms with Gasteiger partial charge in [0.1, 0.15) is 1.28 Å². The Bertz CT molecular complexity index is 110. The van der Waals surface area contributed by atoms with E-state index in [1.54, 1.807) is 0 Å². The molecule has 0 aromatic heterocycles. The van der Waals surface area contributed by atoms with Crippen LogP contribution >= 0.6 is 24.0 Å². The van der Waals surface area contributed by atoms with Gasteiger partial charge < -0.3 is 0 Å². The molecule has 0 aromatic carbocycles. The van der Waals surface area contributed by atoms with Crippen LogP contribution in [0.4, 0.5) is 0 Å². The minimum atomic E-state index is -0.0725. The second kappa shape index (κ2) is 2.36. The molecule has 4 heteroatoms. The van der Waals surface area contributed by atoms with E-state index in [0.717, 1.165) is 0 Å². The molecule has 0 aliphatic rings. The maximum atomic E-state index is 6.54. The fourth-order valence-corrected chi connectivity index (χ4v) is 0. The van der Waals surface area contributed by atoms with Crippen LogP contribution in [-0.2, 0) is 8.43 Å². The molecule has 0 aliphatic heterocycles. The Morgan fingerprint density at radius 2 is 2.00 bits per heavy atom. The first-order chi connectivity index (χ1) is 2.27. The van der Waals surface area contributed by atoms with E-state index in [4.69, 9.17) is 1.28 Å². The number of rotatable bonds is 0. The molecule has 0 aliphatic carbocycles. The topological polar surface area (TPSA) is 0 Å². The van der Waals surface area contributed by atoms with E-state index in [-0.39, 0.29) is 8.43 Å². The van der Waals surface area contributed by atoms with Crippen LogP contribution in [-0.4, -0.2) is 1.28 Å². The van der Waals surface area contributed by atoms with Crippen LogP contribution in [0.3, 0.4) is 0 Å². The third-order valence-electron chi connectivity index (χ3n) is 0. The Labute approximate surface area is 34.4 Å². The molecule has 0 atom stereocenters. The monoisotopic (exact) mass is 129 g/mol. The van der Waals surface area contributed by atoms with Gasteiger partial charge in [0.05, 0.1) is 0 Å². The molecule has 0 fully saturated rings. The second-order valence-corrected chi connectivity index (χ2v) is 7.69. The largest absolute Gasteiger partial charge is 0.138 e. The van der Waals surface area contributed by atoms with Crippen molar-refractivity contribution in [2.24, 2.45) is 0 Å². The fraction of sp³-hybridized carbons (Fsp3) is 0. The highest BCUT2D eigenvalue weighted by Gasteiger charge is 1.13. The predicted molar refractivity (Wildman–Crippen MR) is 32.3 cm³/mol. The molecule has 24 valence electrons. The molecular formula is H3P3S. The lowest BCUT2D eigenvalue weighted by atomic mass is 30.2. The van der Waals surface area contributed by atoms with Crippen LogP contribution in [0, 0.1) is 0 Å². The highest BCUT2D eigenvalue weighted by molar-refractivity contribution is 8.39. The summed E-state index contributed by atoms with van der Waals surface area (Å²) in [7, 11) is 6.84. The van der Waals surface area contributed by atoms with Crippen LogP contribution in [0.5, 0.6) is 0 Å². The van der Waals surface area contributed by atoms with Crippen LogP contribution < -0.4 is 0 Å². The molecule has 0 bridgehead atoms. The molecule has 0 saturated heterocycles. The van der Waals surface area contributed by atoms with Crippen LogP contribution in [0.1, 0.15) is 0 Å². The molecular weight excluding hydrogens is 125 g/mol. The zero-order chi connectivity index (χ0) is 4.28. The van der Waals surface area contributed by atoms with Crippen molar-refractivity contribution in [3.05, 3.63) is 0 Å². The Morgan fingerprint density at radius 1 is 1.75 bits per heavy atom. The van der Waals surface area contributed by atoms with E-state index in [2.05, 4.69) is 16.0 Å². The van der Waals surface area contributed by atoms with Crippen molar-refractivity contribution in [3.63, 3.8) is 0 Å². The summed E-state index contributed by atoms with van der Waals surface area (Å²) in [4.78, 5) is 0. The summed E-state index contributed by atoms with van der Waals surface area (Å²) in [6.07, 6.45) is 0. The molecule has 0 unspecified atom stereocenters. The normalized spacial score (nSPS) is 10.5. The van der Waals surface area contributed by atoms with E-state index >= 15 is 0 Å². The summed E-state index contributed by atoms with van der Waals surface area (Å²) in [5.74, 6) is 0. The number of hydrogen-bond donors (Lipinski definition) is 0. The van der Waals surface area contributed by atoms with E-state index < -0.39 is 0 Å². The van der Waals surface area contributed by atoms with Gasteiger partial charge in [-0.15, -0.1) is 8.43 Å². The van der Waals surface area contributed by atoms with E-state index in [0.29, 0.717) is 7.96 Å². The van der Waals surface area contributed by atoms with Gasteiger partial charge in [-0.3, -0.25) is 0 Å². The molecule has 0 amide bonds. The van der Waals surface area contributed by atoms with Crippen molar-refractivity contribution in [2.45, 2.75) is 0 Å². The Hall–Kier alpha value is 1.12. The Kier molecular flexibility index (Phi) is 1.96. The van der Waals surface area contributed by atoms with Crippen LogP contribution in [0.2, 0.25) is 0 Å². The average molecular weight is 129 g/mol. The molecule has 4 heavy (non-hydrogen) atoms. The first-order valence-electron chi connectivity index (χ1n) is 1.04. The molecule has 0 saturated carbocycles. The smallest absolute Gasteiger partial charge is 0.104 e. The molecule has 0 nitrogen and oxygen atoms in total. The van der Waals surface area contributed by atoms with E-state index in [1.165, 1.54) is 0 Å². The number of hydrogen-bond acceptors (Lipinski definition) is 0. The van der Waals surface area contributed by atoms with Crippen molar-refractivity contribution in [3.8, 4) is 0 Å². The molecule has 0 radical (unpaired) electrons. The maximum Gasteiger partial charge on any atom is 0.104 e. The SMILES string of the molecule is [2H]P=S(=P)=P. The van der Waals surface area contributed by atoms with Gasteiger partial charge in [-0.2, -0.15) is 0 Å². The Morgan fingerprint density at radius 3 is 2.00 bits per heavy atom. The minimum absolute atomic E-state index is 0.0725. The molecule has 0 aromatic rings. The van der Waals surface area contributed by atoms with Gasteiger partial charge in [0.25, 0.3) is 0 Å². The summed E-state index contributed by atoms with van der Waals surface area (Å²) < 4.78 is 6.54. The van der Waals surface area contributed by atoms with E-state index in [1.807, 2.05) is 0 Å². The van der Waals surface area contributed by atoms with Crippen LogP contribution in [0.15, 0.2) is 0 Å². The third kappa shape index (κ3) is 11.2. The summed E-state index contributed by atoms with van der Waals surface area (Å²) in [6, 6.07) is 0. The molecule has 0 spiro atoms. The molecule has 0 heterocycles. The molecule has 0 N–H and O–H groups in total. The Balaban J connectivity index is 4.25. The van der Waals surface area contributed by atoms with Gasteiger partial charge in [-0.1, -0.05) is 24.0 Å². The van der Waals surface area contributed by atoms with Gasteiger partial charge in [0.15, 0.2) is 0 Å². The van der Waals surface area contributed by atoms with Crippen molar-refractivity contribution in [1.82, 2.24) is 0 Å². The van der Waals surface area contributed by atoms with Gasteiger partial charge in [0, 0.05) is 0 Å². The van der Waals surface area contributed by atoms with Crippen molar-refractivity contribution in [1.29, 1.82) is 1.28 Å². The third-order valence-corrected chi connectivity index (χ3v) is 0. The second-order valence-electron chi connectivity index (χ2n) is 0.285. The zero-order valence-corrected chi connectivity index (χ0v) is 5.57. The standard InChI is InChI=1S/H3P3S/c1-4(2)3/h1-3H/i1D. The highest BCUT2D eigenvalue weighted by atomic mass is 32.9. The van der Waals surface area contributed by atoms with Gasteiger partial charge in [-0.05, 0) is 0 Å². The van der Waals surface area contributed by atoms with Crippen LogP contribution in [0.25, 0.3) is 0 Å². The van der Waals surface area contributed by atoms with E-state index in [9.17, 15) is 0 Å². The van der Waals surface area contributed by atoms with Crippen molar-refractivity contribution < 1.29 is 0 Å². The lowest BCUT2D eigenvalue weighted by molar-refractivity contribution is 5.90. The van der Waals surface area contributed by atoms with Gasteiger partial charge in [-0.25, -0.2) is 0 Å². The lowest BCUT2D eigenvalue weighted by Crippen LogP contribution is -0.869. The van der Waals surface area contributed by atoms with Crippen molar-refractivity contribution >= 4 is 32.4 Å². The minimum Gasteiger partial charge on any atom is -0.138 e. The summed E-state index contributed by atoms with van der Waals surface area (Å²) in [5, 5.41) is 0. The average Bonchev–Trinajstić information content (AvgIpc) is 1.38. The fourth-order valence-electron chi connectivity index (χ4n) is 0. The lowest BCUT2D eigenvalue weighted by Gasteiger charge is -1.32. The van der Waals surface area contributed by atoms with Crippen molar-refractivity contribution in [2.75, 3.05) is 0 Å². The molecule has 0 rings (SSSR count). The quantitative estimate of drug-likeness (QED) is 0.437. The summed E-state index contributed by atoms with van der Waals surface area (Å²) in [6.45, 7) is 0. The van der Waals surface area contributed by atoms with Gasteiger partial charge in [0.2, 0.25) is 0 Å². The summed E-state index contributed by atoms with van der Waals surface area (Å²) >= 11 is 0. The predicted octanol–water partition coefficient (Wildman–Crippen LogP) is 1.78. The zero-order valence-electron chi connectivity index (χ0n) is 2.86. The highest BCUT2D eigenvalue weighted by Crippen LogP contribution is 1.73. The first kappa shape index (κ1) is 3.32. The summed E-state index contributed by atoms with van der Waals surface area (Å²) in [5.41, 5.74) is 0.